The van der Waals surface area contributed by atoms with Crippen LogP contribution >= 0.6 is 0 Å². The molecular weight excluding hydrogens is 262 g/mol. The van der Waals surface area contributed by atoms with Crippen molar-refractivity contribution in [3.63, 3.8) is 0 Å². The Bertz CT molecular complexity index is 286. The number of morpholine rings is 1. The van der Waals surface area contributed by atoms with Crippen LogP contribution < -0.4 is 5.32 Å². The summed E-state index contributed by atoms with van der Waals surface area (Å²) in [6.45, 7) is 9.11. The minimum Gasteiger partial charge on any atom is -0.379 e. The second-order valence-corrected chi connectivity index (χ2v) is 7.03. The molecule has 0 bridgehead atoms. The van der Waals surface area contributed by atoms with Gasteiger partial charge < -0.3 is 15.0 Å². The fraction of sp³-hybridized carbons (Fsp3) is 1.00. The van der Waals surface area contributed by atoms with Crippen LogP contribution in [0.4, 0.5) is 0 Å². The third kappa shape index (κ3) is 4.92. The van der Waals surface area contributed by atoms with Crippen molar-refractivity contribution in [3.8, 4) is 0 Å². The molecule has 1 unspecified atom stereocenters. The number of likely N-dealkylation sites (tertiary alicyclic amines) is 1. The van der Waals surface area contributed by atoms with Crippen LogP contribution in [0.2, 0.25) is 0 Å². The third-order valence-electron chi connectivity index (χ3n) is 5.53. The molecule has 0 aromatic rings. The van der Waals surface area contributed by atoms with E-state index in [0.29, 0.717) is 0 Å². The zero-order chi connectivity index (χ0) is 14.3. The summed E-state index contributed by atoms with van der Waals surface area (Å²) in [6, 6.07) is 1.58. The lowest BCUT2D eigenvalue weighted by Gasteiger charge is -2.32. The predicted molar refractivity (Wildman–Crippen MR) is 86.7 cm³/mol. The van der Waals surface area contributed by atoms with Crippen LogP contribution in [0.3, 0.4) is 0 Å². The maximum atomic E-state index is 5.46. The van der Waals surface area contributed by atoms with E-state index in [4.69, 9.17) is 4.74 Å². The van der Waals surface area contributed by atoms with Crippen LogP contribution in [-0.2, 0) is 4.74 Å². The van der Waals surface area contributed by atoms with Crippen molar-refractivity contribution in [2.24, 2.45) is 0 Å². The van der Waals surface area contributed by atoms with Crippen LogP contribution in [0.25, 0.3) is 0 Å². The maximum Gasteiger partial charge on any atom is 0.0594 e. The first-order valence-electron chi connectivity index (χ1n) is 9.19. The third-order valence-corrected chi connectivity index (χ3v) is 5.53. The van der Waals surface area contributed by atoms with Gasteiger partial charge >= 0.3 is 0 Å². The molecule has 0 aromatic heterocycles. The molecule has 1 atom stereocenters. The molecule has 2 saturated heterocycles. The van der Waals surface area contributed by atoms with Gasteiger partial charge in [0.1, 0.15) is 0 Å². The Morgan fingerprint density at radius 3 is 2.43 bits per heavy atom. The highest BCUT2D eigenvalue weighted by molar-refractivity contribution is 4.85. The summed E-state index contributed by atoms with van der Waals surface area (Å²) in [7, 11) is 0. The van der Waals surface area contributed by atoms with Gasteiger partial charge in [-0.1, -0.05) is 25.7 Å². The Hall–Kier alpha value is -0.160. The zero-order valence-electron chi connectivity index (χ0n) is 13.6. The fourth-order valence-electron chi connectivity index (χ4n) is 4.17. The van der Waals surface area contributed by atoms with Crippen molar-refractivity contribution < 1.29 is 4.74 Å². The van der Waals surface area contributed by atoms with Crippen molar-refractivity contribution in [3.05, 3.63) is 0 Å². The minimum absolute atomic E-state index is 0.784. The molecule has 1 saturated carbocycles. The monoisotopic (exact) mass is 295 g/mol. The van der Waals surface area contributed by atoms with Gasteiger partial charge in [0.25, 0.3) is 0 Å². The molecule has 4 heteroatoms. The number of rotatable bonds is 5. The molecule has 3 fully saturated rings. The van der Waals surface area contributed by atoms with E-state index in [9.17, 15) is 0 Å². The molecule has 122 valence electrons. The quantitative estimate of drug-likeness (QED) is 0.782. The number of ether oxygens (including phenoxy) is 1. The van der Waals surface area contributed by atoms with E-state index in [-0.39, 0.29) is 0 Å². The summed E-state index contributed by atoms with van der Waals surface area (Å²) in [5.74, 6) is 0. The summed E-state index contributed by atoms with van der Waals surface area (Å²) in [5, 5.41) is 3.81. The van der Waals surface area contributed by atoms with E-state index in [2.05, 4.69) is 15.1 Å². The lowest BCUT2D eigenvalue weighted by Crippen LogP contribution is -2.45. The van der Waals surface area contributed by atoms with Crippen LogP contribution in [0, 0.1) is 0 Å². The average Bonchev–Trinajstić information content (AvgIpc) is 2.84. The van der Waals surface area contributed by atoms with E-state index in [1.54, 1.807) is 0 Å². The van der Waals surface area contributed by atoms with Crippen molar-refractivity contribution in [1.82, 2.24) is 15.1 Å². The molecule has 0 amide bonds. The van der Waals surface area contributed by atoms with Crippen LogP contribution in [0.15, 0.2) is 0 Å². The van der Waals surface area contributed by atoms with E-state index < -0.39 is 0 Å². The van der Waals surface area contributed by atoms with E-state index in [0.717, 1.165) is 38.4 Å². The molecule has 2 aliphatic heterocycles. The van der Waals surface area contributed by atoms with Gasteiger partial charge in [0.2, 0.25) is 0 Å². The molecule has 0 spiro atoms. The van der Waals surface area contributed by atoms with Gasteiger partial charge in [-0.05, 0) is 25.8 Å². The number of nitrogens with zero attached hydrogens (tertiary/aromatic N) is 2. The van der Waals surface area contributed by atoms with Crippen molar-refractivity contribution in [2.75, 3.05) is 52.5 Å². The minimum atomic E-state index is 0.784. The van der Waals surface area contributed by atoms with E-state index >= 15 is 0 Å². The topological polar surface area (TPSA) is 27.7 Å². The van der Waals surface area contributed by atoms with Gasteiger partial charge in [0.15, 0.2) is 0 Å². The fourth-order valence-corrected chi connectivity index (χ4v) is 4.17. The normalized spacial score (nSPS) is 30.6. The summed E-state index contributed by atoms with van der Waals surface area (Å²) >= 11 is 0. The van der Waals surface area contributed by atoms with Crippen molar-refractivity contribution in [2.45, 2.75) is 57.0 Å². The largest absolute Gasteiger partial charge is 0.379 e. The van der Waals surface area contributed by atoms with Gasteiger partial charge in [-0.15, -0.1) is 0 Å². The second kappa shape index (κ2) is 8.47. The van der Waals surface area contributed by atoms with E-state index in [1.165, 1.54) is 71.1 Å². The van der Waals surface area contributed by atoms with Crippen LogP contribution in [-0.4, -0.2) is 74.4 Å². The summed E-state index contributed by atoms with van der Waals surface area (Å²) < 4.78 is 5.46. The molecular formula is C17H33N3O. The molecule has 0 radical (unpaired) electrons. The first-order valence-corrected chi connectivity index (χ1v) is 9.19. The SMILES string of the molecule is C1CCCC(NCCN2CCC(N3CCOCC3)C2)CC1. The Morgan fingerprint density at radius 2 is 1.67 bits per heavy atom. The Labute approximate surface area is 130 Å². The highest BCUT2D eigenvalue weighted by Crippen LogP contribution is 2.18. The molecule has 21 heavy (non-hydrogen) atoms. The van der Waals surface area contributed by atoms with Crippen LogP contribution in [0.1, 0.15) is 44.9 Å². The molecule has 0 aromatic carbocycles. The van der Waals surface area contributed by atoms with Gasteiger partial charge in [-0.3, -0.25) is 4.90 Å². The standard InChI is InChI=1S/C17H33N3O/c1-2-4-6-16(5-3-1)18-8-10-19-9-7-17(15-19)20-11-13-21-14-12-20/h16-18H,1-15H2. The molecule has 2 heterocycles. The Balaban J connectivity index is 1.31. The predicted octanol–water partition coefficient (Wildman–Crippen LogP) is 1.71. The summed E-state index contributed by atoms with van der Waals surface area (Å²) in [4.78, 5) is 5.30. The maximum absolute atomic E-state index is 5.46. The lowest BCUT2D eigenvalue weighted by molar-refractivity contribution is 0.0185. The van der Waals surface area contributed by atoms with E-state index in [1.807, 2.05) is 0 Å². The summed E-state index contributed by atoms with van der Waals surface area (Å²) in [5.41, 5.74) is 0. The average molecular weight is 295 g/mol. The van der Waals surface area contributed by atoms with Gasteiger partial charge in [-0.25, -0.2) is 0 Å². The second-order valence-electron chi connectivity index (χ2n) is 7.03. The van der Waals surface area contributed by atoms with Crippen LogP contribution in [0.5, 0.6) is 0 Å². The molecule has 1 N–H and O–H groups in total. The van der Waals surface area contributed by atoms with Gasteiger partial charge in [0.05, 0.1) is 13.2 Å². The smallest absolute Gasteiger partial charge is 0.0594 e. The zero-order valence-corrected chi connectivity index (χ0v) is 13.6. The van der Waals surface area contributed by atoms with Gasteiger partial charge in [0, 0.05) is 44.8 Å². The highest BCUT2D eigenvalue weighted by Gasteiger charge is 2.28. The number of nitrogens with one attached hydrogen (secondary N) is 1. The highest BCUT2D eigenvalue weighted by atomic mass is 16.5. The lowest BCUT2D eigenvalue weighted by atomic mass is 10.1. The Morgan fingerprint density at radius 1 is 0.905 bits per heavy atom. The molecule has 3 aliphatic rings. The molecule has 3 rings (SSSR count). The number of hydrogen-bond donors (Lipinski definition) is 1. The molecule has 1 aliphatic carbocycles. The first-order chi connectivity index (χ1) is 10.4. The molecule has 4 nitrogen and oxygen atoms in total. The van der Waals surface area contributed by atoms with Gasteiger partial charge in [-0.2, -0.15) is 0 Å². The number of hydrogen-bond acceptors (Lipinski definition) is 4. The first kappa shape index (κ1) is 15.7. The Kier molecular flexibility index (Phi) is 6.34. The van der Waals surface area contributed by atoms with Crippen molar-refractivity contribution in [1.29, 1.82) is 0 Å². The summed E-state index contributed by atoms with van der Waals surface area (Å²) in [6.07, 6.45) is 9.91. The van der Waals surface area contributed by atoms with Crippen molar-refractivity contribution >= 4 is 0 Å².